The predicted molar refractivity (Wildman–Crippen MR) is 92.8 cm³/mol. The van der Waals surface area contributed by atoms with Crippen molar-refractivity contribution >= 4 is 0 Å². The van der Waals surface area contributed by atoms with E-state index in [1.54, 1.807) is 30.5 Å². The lowest BCUT2D eigenvalue weighted by molar-refractivity contribution is 0.397. The Morgan fingerprint density at radius 1 is 0.846 bits per heavy atom. The molecule has 7 heteroatoms. The van der Waals surface area contributed by atoms with Gasteiger partial charge in [0.1, 0.15) is 5.75 Å². The summed E-state index contributed by atoms with van der Waals surface area (Å²) in [5.74, 6) is 0.684. The number of phenolic OH excluding ortho intramolecular Hbond substituents is 2. The first-order chi connectivity index (χ1) is 12.7. The largest absolute Gasteiger partial charge is 0.504 e. The Kier molecular flexibility index (Phi) is 3.95. The second-order valence-corrected chi connectivity index (χ2v) is 5.37. The fourth-order valence-electron chi connectivity index (χ4n) is 2.39. The van der Waals surface area contributed by atoms with Gasteiger partial charge in [-0.25, -0.2) is 4.98 Å². The highest BCUT2D eigenvalue weighted by Gasteiger charge is 2.19. The quantitative estimate of drug-likeness (QED) is 0.538. The van der Waals surface area contributed by atoms with E-state index < -0.39 is 0 Å². The third kappa shape index (κ3) is 2.93. The number of para-hydroxylation sites is 2. The molecular weight excluding hydrogens is 334 g/mol. The van der Waals surface area contributed by atoms with Gasteiger partial charge in [0.05, 0.1) is 11.1 Å². The molecule has 2 aromatic heterocycles. The van der Waals surface area contributed by atoms with Gasteiger partial charge in [-0.2, -0.15) is 4.98 Å². The van der Waals surface area contributed by atoms with Crippen molar-refractivity contribution < 1.29 is 19.5 Å². The van der Waals surface area contributed by atoms with Gasteiger partial charge in [0.25, 0.3) is 5.89 Å². The second-order valence-electron chi connectivity index (χ2n) is 5.37. The number of aromatic nitrogens is 3. The van der Waals surface area contributed by atoms with Crippen molar-refractivity contribution in [2.24, 2.45) is 0 Å². The van der Waals surface area contributed by atoms with Crippen molar-refractivity contribution in [3.8, 4) is 46.0 Å². The van der Waals surface area contributed by atoms with E-state index in [1.807, 2.05) is 30.3 Å². The molecule has 2 N–H and O–H groups in total. The van der Waals surface area contributed by atoms with Gasteiger partial charge in [0.15, 0.2) is 11.5 Å². The molecular formula is C19H13N3O4. The summed E-state index contributed by atoms with van der Waals surface area (Å²) in [6, 6.07) is 17.2. The van der Waals surface area contributed by atoms with Crippen LogP contribution in [0.5, 0.6) is 23.1 Å². The van der Waals surface area contributed by atoms with Crippen molar-refractivity contribution in [3.63, 3.8) is 0 Å². The minimum absolute atomic E-state index is 0.0721. The van der Waals surface area contributed by atoms with Crippen LogP contribution in [0.3, 0.4) is 0 Å². The van der Waals surface area contributed by atoms with Crippen molar-refractivity contribution in [2.75, 3.05) is 0 Å². The standard InChI is InChI=1S/C19H13N3O4/c23-15-10-4-8-13(16(15)24)19-21-17(22-26-19)14-9-5-11-20-18(14)25-12-6-2-1-3-7-12/h1-11,23-24H. The summed E-state index contributed by atoms with van der Waals surface area (Å²) < 4.78 is 11.0. The van der Waals surface area contributed by atoms with E-state index in [4.69, 9.17) is 9.26 Å². The molecule has 0 unspecified atom stereocenters. The van der Waals surface area contributed by atoms with E-state index >= 15 is 0 Å². The van der Waals surface area contributed by atoms with E-state index in [2.05, 4.69) is 15.1 Å². The van der Waals surface area contributed by atoms with Crippen LogP contribution in [-0.2, 0) is 0 Å². The lowest BCUT2D eigenvalue weighted by Crippen LogP contribution is -1.92. The zero-order chi connectivity index (χ0) is 17.9. The lowest BCUT2D eigenvalue weighted by Gasteiger charge is -2.07. The highest BCUT2D eigenvalue weighted by atomic mass is 16.5. The maximum atomic E-state index is 9.97. The van der Waals surface area contributed by atoms with Crippen LogP contribution in [0.25, 0.3) is 22.8 Å². The van der Waals surface area contributed by atoms with Crippen molar-refractivity contribution in [3.05, 3.63) is 66.9 Å². The number of pyridine rings is 1. The second kappa shape index (κ2) is 6.56. The van der Waals surface area contributed by atoms with Crippen molar-refractivity contribution in [1.29, 1.82) is 0 Å². The maximum Gasteiger partial charge on any atom is 0.262 e. The van der Waals surface area contributed by atoms with Gasteiger partial charge in [-0.3, -0.25) is 0 Å². The van der Waals surface area contributed by atoms with E-state index in [1.165, 1.54) is 6.07 Å². The van der Waals surface area contributed by atoms with Gasteiger partial charge in [-0.05, 0) is 36.4 Å². The molecule has 0 amide bonds. The van der Waals surface area contributed by atoms with Crippen molar-refractivity contribution in [1.82, 2.24) is 15.1 Å². The highest BCUT2D eigenvalue weighted by molar-refractivity contribution is 5.69. The summed E-state index contributed by atoms with van der Waals surface area (Å²) in [7, 11) is 0. The molecule has 0 radical (unpaired) electrons. The number of aromatic hydroxyl groups is 2. The number of nitrogens with zero attached hydrogens (tertiary/aromatic N) is 3. The van der Waals surface area contributed by atoms with Crippen LogP contribution in [0, 0.1) is 0 Å². The fourth-order valence-corrected chi connectivity index (χ4v) is 2.39. The Bertz CT molecular complexity index is 1050. The molecule has 4 rings (SSSR count). The molecule has 0 spiro atoms. The predicted octanol–water partition coefficient (Wildman–Crippen LogP) is 4.00. The van der Waals surface area contributed by atoms with Crippen LogP contribution >= 0.6 is 0 Å². The summed E-state index contributed by atoms with van der Waals surface area (Å²) in [5.41, 5.74) is 0.768. The van der Waals surface area contributed by atoms with E-state index in [0.29, 0.717) is 17.2 Å². The third-order valence-electron chi connectivity index (χ3n) is 3.64. The summed E-state index contributed by atoms with van der Waals surface area (Å²) >= 11 is 0. The Morgan fingerprint density at radius 2 is 1.65 bits per heavy atom. The van der Waals surface area contributed by atoms with Gasteiger partial charge in [-0.15, -0.1) is 0 Å². The first kappa shape index (κ1) is 15.6. The normalized spacial score (nSPS) is 10.6. The van der Waals surface area contributed by atoms with Gasteiger partial charge in [0.2, 0.25) is 11.7 Å². The Labute approximate surface area is 148 Å². The number of phenols is 2. The molecule has 0 aliphatic carbocycles. The minimum Gasteiger partial charge on any atom is -0.504 e. The molecule has 0 aliphatic rings. The SMILES string of the molecule is Oc1cccc(-c2nc(-c3cccnc3Oc3ccccc3)no2)c1O. The summed E-state index contributed by atoms with van der Waals surface area (Å²) in [4.78, 5) is 8.52. The van der Waals surface area contributed by atoms with Crippen LogP contribution in [0.15, 0.2) is 71.4 Å². The molecule has 0 bridgehead atoms. The number of rotatable bonds is 4. The zero-order valence-corrected chi connectivity index (χ0v) is 13.4. The Morgan fingerprint density at radius 3 is 2.50 bits per heavy atom. The first-order valence-corrected chi connectivity index (χ1v) is 7.75. The highest BCUT2D eigenvalue weighted by Crippen LogP contribution is 2.37. The smallest absolute Gasteiger partial charge is 0.262 e. The molecule has 0 saturated heterocycles. The van der Waals surface area contributed by atoms with Crippen LogP contribution in [0.2, 0.25) is 0 Å². The van der Waals surface area contributed by atoms with Gasteiger partial charge < -0.3 is 19.5 Å². The maximum absolute atomic E-state index is 9.97. The van der Waals surface area contributed by atoms with Crippen LogP contribution in [0.1, 0.15) is 0 Å². The number of ether oxygens (including phenoxy) is 1. The number of benzene rings is 2. The molecule has 0 atom stereocenters. The fraction of sp³-hybridized carbons (Fsp3) is 0. The van der Waals surface area contributed by atoms with Gasteiger partial charge >= 0.3 is 0 Å². The van der Waals surface area contributed by atoms with E-state index in [-0.39, 0.29) is 28.8 Å². The van der Waals surface area contributed by atoms with E-state index in [9.17, 15) is 10.2 Å². The molecule has 2 aromatic carbocycles. The van der Waals surface area contributed by atoms with Crippen molar-refractivity contribution in [2.45, 2.75) is 0 Å². The third-order valence-corrected chi connectivity index (χ3v) is 3.64. The van der Waals surface area contributed by atoms with Crippen LogP contribution in [-0.4, -0.2) is 25.3 Å². The Balaban J connectivity index is 1.71. The Hall–Kier alpha value is -3.87. The molecule has 2 heterocycles. The van der Waals surface area contributed by atoms with E-state index in [0.717, 1.165) is 0 Å². The molecule has 0 aliphatic heterocycles. The summed E-state index contributed by atoms with van der Waals surface area (Å²) in [5, 5.41) is 23.5. The van der Waals surface area contributed by atoms with Crippen LogP contribution in [0.4, 0.5) is 0 Å². The molecule has 0 saturated carbocycles. The average molecular weight is 347 g/mol. The van der Waals surface area contributed by atoms with Crippen LogP contribution < -0.4 is 4.74 Å². The minimum atomic E-state index is -0.324. The lowest BCUT2D eigenvalue weighted by atomic mass is 10.2. The number of hydrogen-bond acceptors (Lipinski definition) is 7. The molecule has 128 valence electrons. The molecule has 4 aromatic rings. The summed E-state index contributed by atoms with van der Waals surface area (Å²) in [6.07, 6.45) is 1.60. The zero-order valence-electron chi connectivity index (χ0n) is 13.4. The topological polar surface area (TPSA) is 102 Å². The molecule has 7 nitrogen and oxygen atoms in total. The first-order valence-electron chi connectivity index (χ1n) is 7.75. The summed E-state index contributed by atoms with van der Waals surface area (Å²) in [6.45, 7) is 0. The monoisotopic (exact) mass is 347 g/mol. The average Bonchev–Trinajstić information content (AvgIpc) is 3.15. The molecule has 26 heavy (non-hydrogen) atoms. The molecule has 0 fully saturated rings. The number of hydrogen-bond donors (Lipinski definition) is 2. The van der Waals surface area contributed by atoms with Gasteiger partial charge in [-0.1, -0.05) is 29.4 Å². The van der Waals surface area contributed by atoms with Gasteiger partial charge in [0, 0.05) is 6.20 Å².